The summed E-state index contributed by atoms with van der Waals surface area (Å²) in [4.78, 5) is 24.6. The molecule has 1 saturated carbocycles. The van der Waals surface area contributed by atoms with Gasteiger partial charge < -0.3 is 24.1 Å². The summed E-state index contributed by atoms with van der Waals surface area (Å²) in [5, 5.41) is 8.83. The molecule has 0 aliphatic heterocycles. The van der Waals surface area contributed by atoms with Gasteiger partial charge in [-0.05, 0) is 74.3 Å². The lowest BCUT2D eigenvalue weighted by Gasteiger charge is -2.30. The van der Waals surface area contributed by atoms with Crippen LogP contribution in [0.3, 0.4) is 0 Å². The number of carbonyl (C=O) groups excluding carboxylic acids is 2. The molecule has 2 rings (SSSR count). The highest BCUT2D eigenvalue weighted by atomic mass is 16.6. The van der Waals surface area contributed by atoms with Crippen molar-refractivity contribution in [3.05, 3.63) is 59.7 Å². The molecule has 1 aromatic rings. The second-order valence-corrected chi connectivity index (χ2v) is 11.0. The third kappa shape index (κ3) is 12.8. The van der Waals surface area contributed by atoms with Crippen LogP contribution in [0.2, 0.25) is 0 Å². The molecule has 7 nitrogen and oxygen atoms in total. The largest absolute Gasteiger partial charge is 0.462 e. The number of esters is 2. The Kier molecular flexibility index (Phi) is 16.5. The standard InChI is InChI=1S/C33H50O7/c1-5-6-7-8-27-11-15-30(16-12-27)31-17-13-28(14-18-31)9-10-29(23-39-32(35)25(2)21-37-4)24-40-33(36)26(3)22-38-20-19-34/h11-12,15-16,28-29,31,34H,2-3,5-10,13-14,17-24H2,1,4H3. The van der Waals surface area contributed by atoms with Crippen molar-refractivity contribution >= 4 is 11.9 Å². The fraction of sp³-hybridized carbons (Fsp3) is 0.636. The smallest absolute Gasteiger partial charge is 0.335 e. The van der Waals surface area contributed by atoms with E-state index < -0.39 is 11.9 Å². The summed E-state index contributed by atoms with van der Waals surface area (Å²) in [6.07, 6.45) is 11.4. The van der Waals surface area contributed by atoms with E-state index in [1.54, 1.807) is 0 Å². The lowest BCUT2D eigenvalue weighted by molar-refractivity contribution is -0.145. The van der Waals surface area contributed by atoms with Crippen molar-refractivity contribution in [1.29, 1.82) is 0 Å². The zero-order valence-electron chi connectivity index (χ0n) is 24.7. The quantitative estimate of drug-likeness (QED) is 0.120. The first-order chi connectivity index (χ1) is 19.4. The molecule has 1 fully saturated rings. The number of benzene rings is 1. The van der Waals surface area contributed by atoms with Crippen molar-refractivity contribution < 1.29 is 33.6 Å². The summed E-state index contributed by atoms with van der Waals surface area (Å²) in [7, 11) is 1.50. The topological polar surface area (TPSA) is 91.3 Å². The van der Waals surface area contributed by atoms with Gasteiger partial charge in [0.25, 0.3) is 0 Å². The van der Waals surface area contributed by atoms with Gasteiger partial charge in [-0.15, -0.1) is 0 Å². The minimum absolute atomic E-state index is 0.000707. The van der Waals surface area contributed by atoms with Gasteiger partial charge in [-0.1, -0.05) is 57.2 Å². The highest BCUT2D eigenvalue weighted by Gasteiger charge is 2.24. The summed E-state index contributed by atoms with van der Waals surface area (Å²) in [6.45, 7) is 10.0. The van der Waals surface area contributed by atoms with Gasteiger partial charge in [-0.3, -0.25) is 0 Å². The van der Waals surface area contributed by atoms with Crippen LogP contribution in [0.5, 0.6) is 0 Å². The van der Waals surface area contributed by atoms with Crippen LogP contribution in [-0.2, 0) is 35.0 Å². The van der Waals surface area contributed by atoms with Crippen LogP contribution in [0.25, 0.3) is 0 Å². The Morgan fingerprint density at radius 1 is 0.950 bits per heavy atom. The van der Waals surface area contributed by atoms with Gasteiger partial charge in [0.1, 0.15) is 0 Å². The number of unbranched alkanes of at least 4 members (excludes halogenated alkanes) is 2. The molecule has 1 N–H and O–H groups in total. The maximum absolute atomic E-state index is 12.3. The van der Waals surface area contributed by atoms with Gasteiger partial charge in [0, 0.05) is 13.0 Å². The van der Waals surface area contributed by atoms with Crippen molar-refractivity contribution in [2.45, 2.75) is 77.0 Å². The highest BCUT2D eigenvalue weighted by Crippen LogP contribution is 2.38. The average molecular weight is 559 g/mol. The molecule has 0 spiro atoms. The van der Waals surface area contributed by atoms with E-state index in [1.807, 2.05) is 0 Å². The summed E-state index contributed by atoms with van der Waals surface area (Å²) in [5.41, 5.74) is 3.32. The van der Waals surface area contributed by atoms with E-state index in [0.29, 0.717) is 11.8 Å². The Morgan fingerprint density at radius 2 is 1.57 bits per heavy atom. The van der Waals surface area contributed by atoms with Crippen LogP contribution >= 0.6 is 0 Å². The van der Waals surface area contributed by atoms with Gasteiger partial charge >= 0.3 is 11.9 Å². The number of aryl methyl sites for hydroxylation is 1. The van der Waals surface area contributed by atoms with E-state index in [2.05, 4.69) is 44.3 Å². The first kappa shape index (κ1) is 33.7. The summed E-state index contributed by atoms with van der Waals surface area (Å²) >= 11 is 0. The number of rotatable bonds is 20. The molecule has 1 unspecified atom stereocenters. The van der Waals surface area contributed by atoms with E-state index in [1.165, 1.54) is 69.6 Å². The SMILES string of the molecule is C=C(COC)C(=O)OCC(CCC1CCC(c2ccc(CCCCC)cc2)CC1)COC(=O)C(=C)COCCO. The first-order valence-electron chi connectivity index (χ1n) is 14.8. The molecule has 0 radical (unpaired) electrons. The van der Waals surface area contributed by atoms with E-state index >= 15 is 0 Å². The Hall–Kier alpha value is -2.48. The number of aliphatic hydroxyl groups excluding tert-OH is 1. The maximum atomic E-state index is 12.3. The summed E-state index contributed by atoms with van der Waals surface area (Å²) in [5.74, 6) is 0.0347. The third-order valence-electron chi connectivity index (χ3n) is 7.66. The Bertz CT molecular complexity index is 900. The molecule has 0 amide bonds. The van der Waals surface area contributed by atoms with Crippen molar-refractivity contribution in [2.24, 2.45) is 11.8 Å². The predicted octanol–water partition coefficient (Wildman–Crippen LogP) is 5.94. The van der Waals surface area contributed by atoms with E-state index in [9.17, 15) is 9.59 Å². The number of ether oxygens (including phenoxy) is 4. The van der Waals surface area contributed by atoms with Crippen molar-refractivity contribution in [3.63, 3.8) is 0 Å². The summed E-state index contributed by atoms with van der Waals surface area (Å²) in [6, 6.07) is 9.26. The van der Waals surface area contributed by atoms with Crippen LogP contribution in [0.1, 0.15) is 81.8 Å². The van der Waals surface area contributed by atoms with Gasteiger partial charge in [0.2, 0.25) is 0 Å². The van der Waals surface area contributed by atoms with Crippen molar-refractivity contribution in [1.82, 2.24) is 0 Å². The Morgan fingerprint density at radius 3 is 2.15 bits per heavy atom. The van der Waals surface area contributed by atoms with Crippen LogP contribution in [-0.4, -0.2) is 63.8 Å². The van der Waals surface area contributed by atoms with Gasteiger partial charge in [-0.25, -0.2) is 9.59 Å². The number of hydrogen-bond donors (Lipinski definition) is 1. The lowest BCUT2D eigenvalue weighted by Crippen LogP contribution is -2.24. The maximum Gasteiger partial charge on any atom is 0.335 e. The molecule has 1 aliphatic carbocycles. The van der Waals surface area contributed by atoms with Crippen molar-refractivity contribution in [2.75, 3.05) is 46.8 Å². The van der Waals surface area contributed by atoms with Gasteiger partial charge in [-0.2, -0.15) is 0 Å². The molecule has 40 heavy (non-hydrogen) atoms. The lowest BCUT2D eigenvalue weighted by atomic mass is 9.76. The molecule has 0 saturated heterocycles. The molecule has 224 valence electrons. The molecule has 0 bridgehead atoms. The van der Waals surface area contributed by atoms with Crippen LogP contribution < -0.4 is 0 Å². The second-order valence-electron chi connectivity index (χ2n) is 11.0. The highest BCUT2D eigenvalue weighted by molar-refractivity contribution is 5.88. The minimum Gasteiger partial charge on any atom is -0.462 e. The van der Waals surface area contributed by atoms with E-state index in [-0.39, 0.29) is 56.7 Å². The zero-order valence-corrected chi connectivity index (χ0v) is 24.7. The second kappa shape index (κ2) is 19.6. The minimum atomic E-state index is -0.546. The molecular formula is C33H50O7. The number of aliphatic hydroxyl groups is 1. The first-order valence-corrected chi connectivity index (χ1v) is 14.8. The fourth-order valence-electron chi connectivity index (χ4n) is 5.15. The Labute approximate surface area is 240 Å². The fourth-order valence-corrected chi connectivity index (χ4v) is 5.15. The van der Waals surface area contributed by atoms with Gasteiger partial charge in [0.05, 0.1) is 50.8 Å². The normalized spacial score (nSPS) is 17.7. The predicted molar refractivity (Wildman–Crippen MR) is 157 cm³/mol. The molecule has 1 aromatic carbocycles. The molecule has 1 atom stereocenters. The Balaban J connectivity index is 1.83. The van der Waals surface area contributed by atoms with Crippen LogP contribution in [0, 0.1) is 11.8 Å². The van der Waals surface area contributed by atoms with Gasteiger partial charge in [0.15, 0.2) is 0 Å². The number of carbonyl (C=O) groups is 2. The summed E-state index contributed by atoms with van der Waals surface area (Å²) < 4.78 is 21.0. The molecule has 0 heterocycles. The number of hydrogen-bond acceptors (Lipinski definition) is 7. The van der Waals surface area contributed by atoms with Crippen LogP contribution in [0.15, 0.2) is 48.6 Å². The number of methoxy groups -OCH3 is 1. The van der Waals surface area contributed by atoms with Crippen LogP contribution in [0.4, 0.5) is 0 Å². The monoisotopic (exact) mass is 558 g/mol. The molecule has 7 heteroatoms. The van der Waals surface area contributed by atoms with Crippen molar-refractivity contribution in [3.8, 4) is 0 Å². The molecule has 0 aromatic heterocycles. The molecule has 1 aliphatic rings. The third-order valence-corrected chi connectivity index (χ3v) is 7.66. The zero-order chi connectivity index (χ0) is 29.2. The van der Waals surface area contributed by atoms with E-state index in [4.69, 9.17) is 24.1 Å². The molecular weight excluding hydrogens is 508 g/mol. The average Bonchev–Trinajstić information content (AvgIpc) is 2.97. The van der Waals surface area contributed by atoms with E-state index in [0.717, 1.165) is 12.8 Å².